The summed E-state index contributed by atoms with van der Waals surface area (Å²) in [6.07, 6.45) is -4.23. The molecule has 0 saturated carbocycles. The van der Waals surface area contributed by atoms with Gasteiger partial charge in [-0.15, -0.1) is 0 Å². The largest absolute Gasteiger partial charge is 0.455 e. The fourth-order valence-electron chi connectivity index (χ4n) is 6.98. The molecule has 5 heteroatoms. The van der Waals surface area contributed by atoms with Gasteiger partial charge >= 0.3 is 0 Å². The second-order valence-corrected chi connectivity index (χ2v) is 13.9. The van der Waals surface area contributed by atoms with Crippen LogP contribution in [0.4, 0.5) is 4.39 Å². The summed E-state index contributed by atoms with van der Waals surface area (Å²) in [5.41, 5.74) is 3.37. The summed E-state index contributed by atoms with van der Waals surface area (Å²) in [6.45, 7) is -5.48. The van der Waals surface area contributed by atoms with Crippen molar-refractivity contribution in [3.63, 3.8) is 0 Å². The van der Waals surface area contributed by atoms with Crippen molar-refractivity contribution in [1.29, 1.82) is 0 Å². The standard InChI is InChI=1S/C53H44FN3O/c1-35-26-50(41-10-5-3-6-11-41)56-33-43(35)21-18-39-28-38(29-40(30-39)19-22-44-34-57-51(27-36(44)2)42-12-7-4-8-13-42)17-16-37-20-25-49(55-32-37)48-15-9-14-47-46-24-23-45(54)31-52(46)58-53(47)48/h3-15,20,23-34H,16-19,21-22H2,1-2H3/i1D3,2D3,16D2,21D2,22D2,23D,31D. The summed E-state index contributed by atoms with van der Waals surface area (Å²) in [4.78, 5) is 13.5. The molecule has 0 spiro atoms. The van der Waals surface area contributed by atoms with Gasteiger partial charge < -0.3 is 4.42 Å². The molecule has 9 rings (SSSR count). The number of pyridine rings is 3. The zero-order chi connectivity index (χ0) is 51.5. The van der Waals surface area contributed by atoms with Gasteiger partial charge in [-0.2, -0.15) is 0 Å². The van der Waals surface area contributed by atoms with Crippen LogP contribution >= 0.6 is 0 Å². The van der Waals surface area contributed by atoms with Crippen LogP contribution in [0.2, 0.25) is 0 Å². The highest BCUT2D eigenvalue weighted by molar-refractivity contribution is 6.09. The molecule has 4 nitrogen and oxygen atoms in total. The van der Waals surface area contributed by atoms with Gasteiger partial charge in [-0.05, 0) is 133 Å². The summed E-state index contributed by atoms with van der Waals surface area (Å²) in [6, 6.07) is 33.9. The Bertz CT molecular complexity index is 3350. The van der Waals surface area contributed by atoms with E-state index in [2.05, 4.69) is 15.0 Å². The number of para-hydroxylation sites is 1. The van der Waals surface area contributed by atoms with Crippen LogP contribution in [0.5, 0.6) is 0 Å². The van der Waals surface area contributed by atoms with E-state index in [0.29, 0.717) is 55.7 Å². The van der Waals surface area contributed by atoms with E-state index in [1.54, 1.807) is 109 Å². The molecule has 5 aromatic carbocycles. The van der Waals surface area contributed by atoms with Gasteiger partial charge in [0.15, 0.2) is 0 Å². The number of hydrogen-bond acceptors (Lipinski definition) is 4. The van der Waals surface area contributed by atoms with E-state index in [1.807, 2.05) is 0 Å². The van der Waals surface area contributed by atoms with Gasteiger partial charge in [-0.1, -0.05) is 97.1 Å². The molecule has 4 aromatic heterocycles. The van der Waals surface area contributed by atoms with Crippen molar-refractivity contribution in [3.05, 3.63) is 208 Å². The van der Waals surface area contributed by atoms with Crippen LogP contribution in [0.1, 0.15) is 63.7 Å². The Morgan fingerprint density at radius 3 is 1.72 bits per heavy atom. The van der Waals surface area contributed by atoms with Crippen molar-refractivity contribution in [2.45, 2.75) is 52.1 Å². The third-order valence-corrected chi connectivity index (χ3v) is 9.88. The lowest BCUT2D eigenvalue weighted by molar-refractivity contribution is 0.618. The van der Waals surface area contributed by atoms with Crippen molar-refractivity contribution in [2.24, 2.45) is 0 Å². The molecule has 0 bridgehead atoms. The average Bonchev–Trinajstić information content (AvgIpc) is 3.71. The molecule has 0 radical (unpaired) electrons. The molecule has 0 N–H and O–H groups in total. The Labute approximate surface area is 358 Å². The van der Waals surface area contributed by atoms with Gasteiger partial charge in [0.2, 0.25) is 0 Å². The first-order valence-electron chi connectivity index (χ1n) is 25.7. The normalized spacial score (nSPS) is 16.2. The molecule has 284 valence electrons. The van der Waals surface area contributed by atoms with Crippen LogP contribution in [-0.2, 0) is 38.4 Å². The molecule has 0 aliphatic rings. The maximum Gasteiger partial charge on any atom is 0.144 e. The topological polar surface area (TPSA) is 51.8 Å². The summed E-state index contributed by atoms with van der Waals surface area (Å²) in [7, 11) is 0. The number of hydrogen-bond donors (Lipinski definition) is 0. The number of rotatable bonds is 12. The molecule has 0 aliphatic heterocycles. The highest BCUT2D eigenvalue weighted by atomic mass is 19.1. The number of aryl methyl sites for hydroxylation is 8. The Morgan fingerprint density at radius 1 is 0.569 bits per heavy atom. The maximum absolute atomic E-state index is 14.5. The molecule has 58 heavy (non-hydrogen) atoms. The monoisotopic (exact) mass is 771 g/mol. The van der Waals surface area contributed by atoms with Crippen molar-refractivity contribution >= 4 is 21.9 Å². The van der Waals surface area contributed by atoms with Crippen LogP contribution in [0.3, 0.4) is 0 Å². The Balaban J connectivity index is 1.09. The van der Waals surface area contributed by atoms with E-state index >= 15 is 0 Å². The number of halogens is 1. The summed E-state index contributed by atoms with van der Waals surface area (Å²) < 4.78 is 143. The molecule has 0 fully saturated rings. The second kappa shape index (κ2) is 16.4. The van der Waals surface area contributed by atoms with Crippen molar-refractivity contribution in [3.8, 4) is 33.8 Å². The van der Waals surface area contributed by atoms with Gasteiger partial charge in [0.25, 0.3) is 0 Å². The highest BCUT2D eigenvalue weighted by Gasteiger charge is 2.14. The van der Waals surface area contributed by atoms with Gasteiger partial charge in [0, 0.05) is 68.5 Å². The molecular formula is C53H44FN3O. The summed E-state index contributed by atoms with van der Waals surface area (Å²) in [5, 5.41) is 0.935. The quantitative estimate of drug-likeness (QED) is 0.124. The van der Waals surface area contributed by atoms with Crippen LogP contribution < -0.4 is 0 Å². The second-order valence-electron chi connectivity index (χ2n) is 13.9. The van der Waals surface area contributed by atoms with Crippen LogP contribution in [0.15, 0.2) is 162 Å². The van der Waals surface area contributed by atoms with Gasteiger partial charge in [-0.3, -0.25) is 15.0 Å². The van der Waals surface area contributed by atoms with Crippen molar-refractivity contribution in [1.82, 2.24) is 15.0 Å². The molecule has 0 atom stereocenters. The molecule has 0 amide bonds. The Kier molecular flexibility index (Phi) is 6.83. The zero-order valence-corrected chi connectivity index (χ0v) is 31.1. The minimum Gasteiger partial charge on any atom is -0.455 e. The Hall–Kier alpha value is -6.72. The molecule has 0 saturated heterocycles. The minimum absolute atomic E-state index is 0.0210. The number of nitrogens with zero attached hydrogens (tertiary/aromatic N) is 3. The highest BCUT2D eigenvalue weighted by Crippen LogP contribution is 2.35. The average molecular weight is 772 g/mol. The van der Waals surface area contributed by atoms with E-state index < -0.39 is 63.6 Å². The van der Waals surface area contributed by atoms with E-state index in [9.17, 15) is 12.6 Å². The first-order chi connectivity index (χ1) is 33.9. The smallest absolute Gasteiger partial charge is 0.144 e. The number of fused-ring (bicyclic) bond motifs is 3. The number of aromatic nitrogens is 3. The summed E-state index contributed by atoms with van der Waals surface area (Å²) >= 11 is 0. The molecular weight excluding hydrogens is 714 g/mol. The number of furan rings is 1. The minimum atomic E-state index is -2.74. The van der Waals surface area contributed by atoms with E-state index in [0.717, 1.165) is 0 Å². The third kappa shape index (κ3) is 8.07. The molecule has 4 heterocycles. The van der Waals surface area contributed by atoms with Gasteiger partial charge in [-0.25, -0.2) is 4.39 Å². The fraction of sp³-hybridized carbons (Fsp3) is 0.151. The lowest BCUT2D eigenvalue weighted by Crippen LogP contribution is -2.02. The first kappa shape index (κ1) is 24.1. The van der Waals surface area contributed by atoms with Crippen LogP contribution in [-0.4, -0.2) is 15.0 Å². The first-order valence-corrected chi connectivity index (χ1v) is 18.7. The zero-order valence-electron chi connectivity index (χ0n) is 45.1. The molecule has 0 unspecified atom stereocenters. The van der Waals surface area contributed by atoms with E-state index in [1.165, 1.54) is 36.8 Å². The fourth-order valence-corrected chi connectivity index (χ4v) is 6.98. The van der Waals surface area contributed by atoms with Crippen LogP contribution in [0.25, 0.3) is 55.7 Å². The van der Waals surface area contributed by atoms with E-state index in [4.69, 9.17) is 15.4 Å². The molecule has 9 aromatic rings. The summed E-state index contributed by atoms with van der Waals surface area (Å²) in [5.74, 6) is -1.01. The van der Waals surface area contributed by atoms with Crippen molar-refractivity contribution in [2.75, 3.05) is 0 Å². The number of benzene rings is 5. The third-order valence-electron chi connectivity index (χ3n) is 9.88. The lowest BCUT2D eigenvalue weighted by atomic mass is 9.93. The maximum atomic E-state index is 14.5. The van der Waals surface area contributed by atoms with Crippen LogP contribution in [0, 0.1) is 19.5 Å². The molecule has 0 aliphatic carbocycles. The van der Waals surface area contributed by atoms with Gasteiger partial charge in [0.1, 0.15) is 17.0 Å². The lowest BCUT2D eigenvalue weighted by Gasteiger charge is -2.13. The Morgan fingerprint density at radius 2 is 1.16 bits per heavy atom. The van der Waals surface area contributed by atoms with E-state index in [-0.39, 0.29) is 50.9 Å². The van der Waals surface area contributed by atoms with Crippen molar-refractivity contribution < 1.29 is 28.0 Å². The predicted octanol–water partition coefficient (Wildman–Crippen LogP) is 12.9. The SMILES string of the molecule is [2H]c1cc2c(oc3c(-c4ccc(C([2H])([2H])Cc5cc(CC([2H])([2H])c6cnc(-c7ccccc7)cc6C([2H])([2H])[2H])cc(CC([2H])([2H])c6cnc(-c7ccccc7)cc6C([2H])([2H])[2H])c5)cn4)cccc32)c([2H])c1F. The van der Waals surface area contributed by atoms with Gasteiger partial charge in [0.05, 0.1) is 19.8 Å². The predicted molar refractivity (Wildman–Crippen MR) is 234 cm³/mol.